The quantitative estimate of drug-likeness (QED) is 0.623. The van der Waals surface area contributed by atoms with Gasteiger partial charge in [-0.15, -0.1) is 0 Å². The van der Waals surface area contributed by atoms with Gasteiger partial charge in [-0.05, 0) is 43.3 Å². The standard InChI is InChI=1S/C19H21F3O4S/c1-14-4-10-17(11-5-14)27(23,24)26-13-18(2,3)12-25-16-8-6-15(7-9-16)19(20,21)22/h4-11H,12-13H2,1-3H3. The molecule has 0 radical (unpaired) electrons. The Balaban J connectivity index is 1.93. The van der Waals surface area contributed by atoms with E-state index in [1.54, 1.807) is 26.0 Å². The maximum absolute atomic E-state index is 12.6. The van der Waals surface area contributed by atoms with Crippen LogP contribution in [-0.4, -0.2) is 21.6 Å². The summed E-state index contributed by atoms with van der Waals surface area (Å²) >= 11 is 0. The van der Waals surface area contributed by atoms with Crippen molar-refractivity contribution in [3.8, 4) is 5.75 Å². The average Bonchev–Trinajstić information content (AvgIpc) is 2.59. The van der Waals surface area contributed by atoms with Gasteiger partial charge < -0.3 is 4.74 Å². The monoisotopic (exact) mass is 402 g/mol. The van der Waals surface area contributed by atoms with E-state index < -0.39 is 27.3 Å². The highest BCUT2D eigenvalue weighted by Crippen LogP contribution is 2.30. The lowest BCUT2D eigenvalue weighted by Gasteiger charge is -2.24. The third kappa shape index (κ3) is 6.25. The van der Waals surface area contributed by atoms with Crippen molar-refractivity contribution < 1.29 is 30.5 Å². The minimum absolute atomic E-state index is 0.0626. The van der Waals surface area contributed by atoms with Crippen LogP contribution in [0.5, 0.6) is 5.75 Å². The number of rotatable bonds is 7. The number of alkyl halides is 3. The largest absolute Gasteiger partial charge is 0.493 e. The maximum Gasteiger partial charge on any atom is 0.416 e. The zero-order chi connectivity index (χ0) is 20.3. The molecule has 27 heavy (non-hydrogen) atoms. The zero-order valence-electron chi connectivity index (χ0n) is 15.2. The van der Waals surface area contributed by atoms with Gasteiger partial charge in [-0.2, -0.15) is 21.6 Å². The van der Waals surface area contributed by atoms with E-state index in [0.717, 1.165) is 17.7 Å². The van der Waals surface area contributed by atoms with Crippen LogP contribution < -0.4 is 4.74 Å². The van der Waals surface area contributed by atoms with E-state index >= 15 is 0 Å². The van der Waals surface area contributed by atoms with E-state index in [1.165, 1.54) is 24.3 Å². The van der Waals surface area contributed by atoms with Gasteiger partial charge >= 0.3 is 6.18 Å². The van der Waals surface area contributed by atoms with Crippen LogP contribution in [0.15, 0.2) is 53.4 Å². The van der Waals surface area contributed by atoms with Crippen molar-refractivity contribution in [3.05, 3.63) is 59.7 Å². The highest BCUT2D eigenvalue weighted by Gasteiger charge is 2.30. The van der Waals surface area contributed by atoms with E-state index in [9.17, 15) is 21.6 Å². The Morgan fingerprint density at radius 3 is 1.96 bits per heavy atom. The maximum atomic E-state index is 12.6. The summed E-state index contributed by atoms with van der Waals surface area (Å²) in [6.07, 6.45) is -4.41. The van der Waals surface area contributed by atoms with Gasteiger partial charge in [0.25, 0.3) is 10.1 Å². The van der Waals surface area contributed by atoms with Crippen molar-refractivity contribution in [1.82, 2.24) is 0 Å². The Morgan fingerprint density at radius 2 is 1.44 bits per heavy atom. The van der Waals surface area contributed by atoms with Gasteiger partial charge in [0, 0.05) is 5.41 Å². The highest BCUT2D eigenvalue weighted by atomic mass is 32.2. The molecule has 0 atom stereocenters. The summed E-state index contributed by atoms with van der Waals surface area (Å²) in [4.78, 5) is 0.0626. The molecule has 0 fully saturated rings. The first-order valence-corrected chi connectivity index (χ1v) is 9.56. The molecule has 4 nitrogen and oxygen atoms in total. The fourth-order valence-corrected chi connectivity index (χ4v) is 3.15. The van der Waals surface area contributed by atoms with Crippen LogP contribution in [0, 0.1) is 12.3 Å². The molecule has 0 unspecified atom stereocenters. The lowest BCUT2D eigenvalue weighted by Crippen LogP contribution is -2.28. The molecule has 0 heterocycles. The van der Waals surface area contributed by atoms with Crippen LogP contribution >= 0.6 is 0 Å². The fourth-order valence-electron chi connectivity index (χ4n) is 2.07. The van der Waals surface area contributed by atoms with Crippen molar-refractivity contribution in [2.45, 2.75) is 31.8 Å². The van der Waals surface area contributed by atoms with Crippen LogP contribution in [0.2, 0.25) is 0 Å². The summed E-state index contributed by atoms with van der Waals surface area (Å²) in [5.41, 5.74) is -0.513. The minimum Gasteiger partial charge on any atom is -0.493 e. The predicted octanol–water partition coefficient (Wildman–Crippen LogP) is 4.82. The van der Waals surface area contributed by atoms with E-state index in [4.69, 9.17) is 8.92 Å². The molecule has 0 saturated heterocycles. The number of halogens is 3. The molecule has 0 N–H and O–H groups in total. The van der Waals surface area contributed by atoms with Crippen LogP contribution in [0.4, 0.5) is 13.2 Å². The van der Waals surface area contributed by atoms with Gasteiger partial charge in [0.15, 0.2) is 0 Å². The summed E-state index contributed by atoms with van der Waals surface area (Å²) in [7, 11) is -3.90. The molecule has 0 aliphatic rings. The van der Waals surface area contributed by atoms with Gasteiger partial charge in [-0.25, -0.2) is 0 Å². The van der Waals surface area contributed by atoms with E-state index in [2.05, 4.69) is 0 Å². The van der Waals surface area contributed by atoms with E-state index in [1.807, 2.05) is 6.92 Å². The van der Waals surface area contributed by atoms with Crippen molar-refractivity contribution in [3.63, 3.8) is 0 Å². The second-order valence-electron chi connectivity index (χ2n) is 7.00. The number of ether oxygens (including phenoxy) is 1. The molecule has 2 aromatic rings. The van der Waals surface area contributed by atoms with Crippen LogP contribution in [0.1, 0.15) is 25.0 Å². The molecule has 2 rings (SSSR count). The Morgan fingerprint density at radius 1 is 0.889 bits per heavy atom. The second-order valence-corrected chi connectivity index (χ2v) is 8.62. The molecule has 0 amide bonds. The molecular weight excluding hydrogens is 381 g/mol. The first-order chi connectivity index (χ1) is 12.4. The van der Waals surface area contributed by atoms with Gasteiger partial charge in [0.1, 0.15) is 5.75 Å². The minimum atomic E-state index is -4.41. The molecule has 0 aliphatic carbocycles. The predicted molar refractivity (Wildman–Crippen MR) is 95.0 cm³/mol. The average molecular weight is 402 g/mol. The molecule has 148 valence electrons. The first kappa shape index (κ1) is 21.2. The summed E-state index contributed by atoms with van der Waals surface area (Å²) in [6.45, 7) is 5.26. The number of aryl methyl sites for hydroxylation is 1. The molecule has 0 saturated carbocycles. The van der Waals surface area contributed by atoms with Gasteiger partial charge in [-0.1, -0.05) is 31.5 Å². The van der Waals surface area contributed by atoms with Crippen LogP contribution in [-0.2, 0) is 20.5 Å². The van der Waals surface area contributed by atoms with Gasteiger partial charge in [0.2, 0.25) is 0 Å². The van der Waals surface area contributed by atoms with Crippen LogP contribution in [0.3, 0.4) is 0 Å². The summed E-state index contributed by atoms with van der Waals surface area (Å²) in [6, 6.07) is 10.6. The fraction of sp³-hybridized carbons (Fsp3) is 0.368. The zero-order valence-corrected chi connectivity index (χ0v) is 16.0. The summed E-state index contributed by atoms with van der Waals surface area (Å²) in [5.74, 6) is 0.262. The lowest BCUT2D eigenvalue weighted by molar-refractivity contribution is -0.137. The molecule has 0 aliphatic heterocycles. The van der Waals surface area contributed by atoms with E-state index in [-0.39, 0.29) is 23.9 Å². The van der Waals surface area contributed by atoms with Gasteiger partial charge in [0.05, 0.1) is 23.7 Å². The second kappa shape index (κ2) is 7.90. The normalized spacial score (nSPS) is 12.8. The molecule has 0 aromatic heterocycles. The molecule has 2 aromatic carbocycles. The number of hydrogen-bond donors (Lipinski definition) is 0. The molecule has 8 heteroatoms. The highest BCUT2D eigenvalue weighted by molar-refractivity contribution is 7.86. The third-order valence-electron chi connectivity index (χ3n) is 3.73. The van der Waals surface area contributed by atoms with E-state index in [0.29, 0.717) is 0 Å². The summed E-state index contributed by atoms with van der Waals surface area (Å²) < 4.78 is 72.7. The Hall–Kier alpha value is -2.06. The SMILES string of the molecule is Cc1ccc(S(=O)(=O)OCC(C)(C)COc2ccc(C(F)(F)F)cc2)cc1. The smallest absolute Gasteiger partial charge is 0.416 e. The Kier molecular flexibility index (Phi) is 6.21. The molecule has 0 bridgehead atoms. The number of benzene rings is 2. The molecule has 0 spiro atoms. The van der Waals surface area contributed by atoms with Crippen molar-refractivity contribution in [1.29, 1.82) is 0 Å². The van der Waals surface area contributed by atoms with Crippen molar-refractivity contribution >= 4 is 10.1 Å². The first-order valence-electron chi connectivity index (χ1n) is 8.15. The van der Waals surface area contributed by atoms with Gasteiger partial charge in [-0.3, -0.25) is 4.18 Å². The van der Waals surface area contributed by atoms with Crippen molar-refractivity contribution in [2.75, 3.05) is 13.2 Å². The lowest BCUT2D eigenvalue weighted by atomic mass is 9.96. The Bertz CT molecular complexity index is 855. The van der Waals surface area contributed by atoms with Crippen LogP contribution in [0.25, 0.3) is 0 Å². The topological polar surface area (TPSA) is 52.6 Å². The molecular formula is C19H21F3O4S. The number of hydrogen-bond acceptors (Lipinski definition) is 4. The van der Waals surface area contributed by atoms with Crippen molar-refractivity contribution in [2.24, 2.45) is 5.41 Å². The Labute approximate surface area is 157 Å². The summed E-state index contributed by atoms with van der Waals surface area (Å²) in [5, 5.41) is 0. The third-order valence-corrected chi connectivity index (χ3v) is 5.00.